The quantitative estimate of drug-likeness (QED) is 0.809. The third-order valence-corrected chi connectivity index (χ3v) is 4.74. The molecular formula is C17H22N2O2. The summed E-state index contributed by atoms with van der Waals surface area (Å²) in [5.74, 6) is -0.0512. The summed E-state index contributed by atoms with van der Waals surface area (Å²) in [6, 6.07) is 7.84. The maximum atomic E-state index is 12.5. The number of hydrogen-bond acceptors (Lipinski definition) is 2. The van der Waals surface area contributed by atoms with Crippen molar-refractivity contribution in [3.8, 4) is 0 Å². The average molecular weight is 286 g/mol. The molecule has 0 spiro atoms. The van der Waals surface area contributed by atoms with Crippen LogP contribution >= 0.6 is 0 Å². The fourth-order valence-electron chi connectivity index (χ4n) is 3.44. The van der Waals surface area contributed by atoms with E-state index in [1.807, 2.05) is 31.2 Å². The van der Waals surface area contributed by atoms with Crippen molar-refractivity contribution in [2.75, 3.05) is 13.2 Å². The number of aliphatic hydroxyl groups is 1. The monoisotopic (exact) mass is 286 g/mol. The van der Waals surface area contributed by atoms with Crippen LogP contribution in [0.4, 0.5) is 0 Å². The molecule has 0 atom stereocenters. The largest absolute Gasteiger partial charge is 0.396 e. The number of H-pyrrole nitrogens is 1. The highest BCUT2D eigenvalue weighted by molar-refractivity contribution is 6.08. The first-order valence-corrected chi connectivity index (χ1v) is 7.62. The summed E-state index contributed by atoms with van der Waals surface area (Å²) >= 11 is 0. The van der Waals surface area contributed by atoms with Gasteiger partial charge in [-0.05, 0) is 25.8 Å². The summed E-state index contributed by atoms with van der Waals surface area (Å²) in [6.07, 6.45) is 4.28. The molecule has 0 unspecified atom stereocenters. The zero-order valence-electron chi connectivity index (χ0n) is 12.4. The second-order valence-electron chi connectivity index (χ2n) is 6.22. The number of amides is 1. The van der Waals surface area contributed by atoms with Gasteiger partial charge in [-0.3, -0.25) is 4.79 Å². The van der Waals surface area contributed by atoms with Crippen molar-refractivity contribution in [2.24, 2.45) is 5.41 Å². The van der Waals surface area contributed by atoms with Crippen molar-refractivity contribution >= 4 is 16.8 Å². The number of nitrogens with one attached hydrogen (secondary N) is 2. The van der Waals surface area contributed by atoms with Crippen molar-refractivity contribution in [3.05, 3.63) is 35.5 Å². The SMILES string of the molecule is Cc1[nH]c2ccccc2c1C(=O)NCC1(CO)CCCC1. The Bertz CT molecular complexity index is 654. The Morgan fingerprint density at radius 3 is 2.76 bits per heavy atom. The molecule has 1 amide bonds. The van der Waals surface area contributed by atoms with Gasteiger partial charge in [-0.2, -0.15) is 0 Å². The number of hydrogen-bond donors (Lipinski definition) is 3. The van der Waals surface area contributed by atoms with Gasteiger partial charge in [0, 0.05) is 28.6 Å². The number of aromatic nitrogens is 1. The lowest BCUT2D eigenvalue weighted by Crippen LogP contribution is -2.38. The number of benzene rings is 1. The van der Waals surface area contributed by atoms with E-state index >= 15 is 0 Å². The molecule has 4 nitrogen and oxygen atoms in total. The third-order valence-electron chi connectivity index (χ3n) is 4.74. The molecule has 2 aromatic rings. The number of carbonyl (C=O) groups is 1. The van der Waals surface area contributed by atoms with Crippen LogP contribution in [-0.2, 0) is 0 Å². The van der Waals surface area contributed by atoms with Crippen LogP contribution in [0.5, 0.6) is 0 Å². The summed E-state index contributed by atoms with van der Waals surface area (Å²) in [5.41, 5.74) is 2.48. The number of rotatable bonds is 4. The molecule has 3 rings (SSSR count). The van der Waals surface area contributed by atoms with Crippen LogP contribution in [0.15, 0.2) is 24.3 Å². The molecule has 0 aliphatic heterocycles. The first-order valence-electron chi connectivity index (χ1n) is 7.62. The van der Waals surface area contributed by atoms with Crippen LogP contribution in [0, 0.1) is 12.3 Å². The Labute approximate surface area is 124 Å². The minimum Gasteiger partial charge on any atom is -0.396 e. The molecule has 3 N–H and O–H groups in total. The minimum absolute atomic E-state index is 0.0512. The van der Waals surface area contributed by atoms with Gasteiger partial charge in [0.2, 0.25) is 0 Å². The molecule has 0 bridgehead atoms. The second-order valence-corrected chi connectivity index (χ2v) is 6.22. The standard InChI is InChI=1S/C17H22N2O2/c1-12-15(13-6-2-3-7-14(13)19-12)16(21)18-10-17(11-20)8-4-5-9-17/h2-3,6-7,19-20H,4-5,8-11H2,1H3,(H,18,21). The van der Waals surface area contributed by atoms with Gasteiger partial charge in [0.15, 0.2) is 0 Å². The van der Waals surface area contributed by atoms with E-state index in [1.54, 1.807) is 0 Å². The van der Waals surface area contributed by atoms with E-state index in [4.69, 9.17) is 0 Å². The Balaban J connectivity index is 1.80. The predicted molar refractivity (Wildman–Crippen MR) is 83.4 cm³/mol. The minimum atomic E-state index is -0.115. The number of para-hydroxylation sites is 1. The van der Waals surface area contributed by atoms with E-state index in [0.29, 0.717) is 6.54 Å². The molecule has 0 radical (unpaired) electrons. The van der Waals surface area contributed by atoms with Crippen molar-refractivity contribution in [2.45, 2.75) is 32.6 Å². The van der Waals surface area contributed by atoms with Crippen molar-refractivity contribution in [1.82, 2.24) is 10.3 Å². The lowest BCUT2D eigenvalue weighted by atomic mass is 9.87. The first-order chi connectivity index (χ1) is 10.2. The van der Waals surface area contributed by atoms with E-state index < -0.39 is 0 Å². The number of carbonyl (C=O) groups excluding carboxylic acids is 1. The van der Waals surface area contributed by atoms with Crippen LogP contribution in [0.1, 0.15) is 41.7 Å². The normalized spacial score (nSPS) is 17.2. The molecular weight excluding hydrogens is 264 g/mol. The van der Waals surface area contributed by atoms with Crippen molar-refractivity contribution in [3.63, 3.8) is 0 Å². The van der Waals surface area contributed by atoms with Gasteiger partial charge < -0.3 is 15.4 Å². The van der Waals surface area contributed by atoms with E-state index in [-0.39, 0.29) is 17.9 Å². The Morgan fingerprint density at radius 1 is 1.33 bits per heavy atom. The highest BCUT2D eigenvalue weighted by Crippen LogP contribution is 2.37. The summed E-state index contributed by atoms with van der Waals surface area (Å²) in [5, 5.41) is 13.6. The Morgan fingerprint density at radius 2 is 2.05 bits per heavy atom. The lowest BCUT2D eigenvalue weighted by Gasteiger charge is -2.26. The molecule has 1 aromatic heterocycles. The van der Waals surface area contributed by atoms with Gasteiger partial charge in [0.1, 0.15) is 0 Å². The highest BCUT2D eigenvalue weighted by Gasteiger charge is 2.33. The molecule has 21 heavy (non-hydrogen) atoms. The Kier molecular flexibility index (Phi) is 3.72. The zero-order valence-corrected chi connectivity index (χ0v) is 12.4. The average Bonchev–Trinajstić information content (AvgIpc) is 3.09. The van der Waals surface area contributed by atoms with Gasteiger partial charge in [0.25, 0.3) is 5.91 Å². The van der Waals surface area contributed by atoms with Gasteiger partial charge in [-0.25, -0.2) is 0 Å². The molecule has 1 aromatic carbocycles. The van der Waals surface area contributed by atoms with E-state index in [1.165, 1.54) is 0 Å². The predicted octanol–water partition coefficient (Wildman–Crippen LogP) is 2.76. The molecule has 1 aliphatic carbocycles. The van der Waals surface area contributed by atoms with Gasteiger partial charge in [0.05, 0.1) is 12.2 Å². The van der Waals surface area contributed by atoms with Crippen LogP contribution in [0.2, 0.25) is 0 Å². The van der Waals surface area contributed by atoms with Crippen LogP contribution in [0.25, 0.3) is 10.9 Å². The lowest BCUT2D eigenvalue weighted by molar-refractivity contribution is 0.0881. The summed E-state index contributed by atoms with van der Waals surface area (Å²) in [4.78, 5) is 15.8. The number of fused-ring (bicyclic) bond motifs is 1. The number of aliphatic hydroxyl groups excluding tert-OH is 1. The topological polar surface area (TPSA) is 65.1 Å². The van der Waals surface area contributed by atoms with Gasteiger partial charge >= 0.3 is 0 Å². The van der Waals surface area contributed by atoms with Gasteiger partial charge in [-0.15, -0.1) is 0 Å². The maximum absolute atomic E-state index is 12.5. The molecule has 1 fully saturated rings. The fraction of sp³-hybridized carbons (Fsp3) is 0.471. The van der Waals surface area contributed by atoms with Gasteiger partial charge in [-0.1, -0.05) is 31.0 Å². The maximum Gasteiger partial charge on any atom is 0.253 e. The highest BCUT2D eigenvalue weighted by atomic mass is 16.3. The summed E-state index contributed by atoms with van der Waals surface area (Å²) in [7, 11) is 0. The van der Waals surface area contributed by atoms with Crippen LogP contribution < -0.4 is 5.32 Å². The fourth-order valence-corrected chi connectivity index (χ4v) is 3.44. The third kappa shape index (κ3) is 2.56. The van der Waals surface area contributed by atoms with E-state index in [2.05, 4.69) is 10.3 Å². The van der Waals surface area contributed by atoms with E-state index in [0.717, 1.165) is 47.8 Å². The first kappa shape index (κ1) is 14.1. The molecule has 1 saturated carbocycles. The number of aryl methyl sites for hydroxylation is 1. The van der Waals surface area contributed by atoms with Crippen molar-refractivity contribution < 1.29 is 9.90 Å². The zero-order chi connectivity index (χ0) is 14.9. The summed E-state index contributed by atoms with van der Waals surface area (Å²) in [6.45, 7) is 2.63. The molecule has 4 heteroatoms. The van der Waals surface area contributed by atoms with Crippen molar-refractivity contribution in [1.29, 1.82) is 0 Å². The summed E-state index contributed by atoms with van der Waals surface area (Å²) < 4.78 is 0. The van der Waals surface area contributed by atoms with Crippen LogP contribution in [-0.4, -0.2) is 29.1 Å². The smallest absolute Gasteiger partial charge is 0.253 e. The second kappa shape index (κ2) is 5.53. The Hall–Kier alpha value is -1.81. The number of aromatic amines is 1. The van der Waals surface area contributed by atoms with Crippen LogP contribution in [0.3, 0.4) is 0 Å². The molecule has 1 heterocycles. The molecule has 112 valence electrons. The molecule has 1 aliphatic rings. The molecule has 0 saturated heterocycles. The van der Waals surface area contributed by atoms with E-state index in [9.17, 15) is 9.90 Å².